The molecule has 0 aliphatic rings. The largest absolute Gasteiger partial charge is 0.217 e. The van der Waals surface area contributed by atoms with Gasteiger partial charge in [0, 0.05) is 0 Å². The summed E-state index contributed by atoms with van der Waals surface area (Å²) >= 11 is 3.38. The molecule has 1 aromatic heterocycles. The summed E-state index contributed by atoms with van der Waals surface area (Å²) in [4.78, 5) is 0.109. The highest BCUT2D eigenvalue weighted by molar-refractivity contribution is 9.09. The fourth-order valence-electron chi connectivity index (χ4n) is 1.21. The first-order valence-electron chi connectivity index (χ1n) is 4.49. The van der Waals surface area contributed by atoms with E-state index in [1.165, 1.54) is 10.7 Å². The topological polar surface area (TPSA) is 30.7 Å². The zero-order chi connectivity index (χ0) is 10.8. The average molecular weight is 270 g/mol. The number of aromatic nitrogens is 3. The van der Waals surface area contributed by atoms with Crippen LogP contribution in [-0.2, 0) is 0 Å². The number of para-hydroxylation sites is 1. The normalized spacial score (nSPS) is 12.7. The molecular weight excluding hydrogens is 261 g/mol. The van der Waals surface area contributed by atoms with E-state index in [1.807, 2.05) is 6.92 Å². The summed E-state index contributed by atoms with van der Waals surface area (Å²) in [7, 11) is 0. The van der Waals surface area contributed by atoms with Crippen LogP contribution in [0.15, 0.2) is 30.5 Å². The second-order valence-electron chi connectivity index (χ2n) is 3.16. The molecule has 3 nitrogen and oxygen atoms in total. The lowest BCUT2D eigenvalue weighted by molar-refractivity contribution is 0.607. The van der Waals surface area contributed by atoms with E-state index in [2.05, 4.69) is 26.2 Å². The quantitative estimate of drug-likeness (QED) is 0.785. The summed E-state index contributed by atoms with van der Waals surface area (Å²) in [6, 6.07) is 6.46. The van der Waals surface area contributed by atoms with Crippen molar-refractivity contribution >= 4 is 15.9 Å². The maximum atomic E-state index is 13.4. The third-order valence-electron chi connectivity index (χ3n) is 2.02. The van der Waals surface area contributed by atoms with E-state index in [0.717, 1.165) is 5.69 Å². The minimum Gasteiger partial charge on any atom is -0.217 e. The van der Waals surface area contributed by atoms with E-state index in [9.17, 15) is 4.39 Å². The molecule has 1 heterocycles. The molecule has 0 spiro atoms. The van der Waals surface area contributed by atoms with Crippen molar-refractivity contribution < 1.29 is 4.39 Å². The predicted octanol–water partition coefficient (Wildman–Crippen LogP) is 2.86. The molecule has 1 aromatic carbocycles. The standard InChI is InChI=1S/C10H9BrFN3/c1-7(11)9-6-15(14-13-9)10-5-3-2-4-8(10)12/h2-7H,1H3. The molecule has 0 saturated carbocycles. The fraction of sp³-hybridized carbons (Fsp3) is 0.200. The number of hydrogen-bond acceptors (Lipinski definition) is 2. The molecule has 5 heteroatoms. The van der Waals surface area contributed by atoms with Crippen LogP contribution in [0.1, 0.15) is 17.4 Å². The van der Waals surface area contributed by atoms with Gasteiger partial charge in [-0.1, -0.05) is 33.3 Å². The van der Waals surface area contributed by atoms with Crippen molar-refractivity contribution in [3.8, 4) is 5.69 Å². The lowest BCUT2D eigenvalue weighted by Gasteiger charge is -2.00. The molecular formula is C10H9BrFN3. The summed E-state index contributed by atoms with van der Waals surface area (Å²) in [6.07, 6.45) is 1.71. The Labute approximate surface area is 95.0 Å². The van der Waals surface area contributed by atoms with Crippen molar-refractivity contribution in [2.75, 3.05) is 0 Å². The maximum Gasteiger partial charge on any atom is 0.148 e. The maximum absolute atomic E-state index is 13.4. The minimum atomic E-state index is -0.309. The van der Waals surface area contributed by atoms with Crippen molar-refractivity contribution in [2.24, 2.45) is 0 Å². The highest BCUT2D eigenvalue weighted by atomic mass is 79.9. The summed E-state index contributed by atoms with van der Waals surface area (Å²) < 4.78 is 14.8. The molecule has 0 saturated heterocycles. The van der Waals surface area contributed by atoms with Gasteiger partial charge in [-0.3, -0.25) is 0 Å². The molecule has 0 fully saturated rings. The Bertz CT molecular complexity index is 467. The van der Waals surface area contributed by atoms with Crippen LogP contribution in [-0.4, -0.2) is 15.0 Å². The summed E-state index contributed by atoms with van der Waals surface area (Å²) in [5.41, 5.74) is 1.18. The number of alkyl halides is 1. The van der Waals surface area contributed by atoms with Gasteiger partial charge >= 0.3 is 0 Å². The van der Waals surface area contributed by atoms with Gasteiger partial charge in [-0.15, -0.1) is 5.10 Å². The van der Waals surface area contributed by atoms with Crippen LogP contribution >= 0.6 is 15.9 Å². The number of nitrogens with zero attached hydrogens (tertiary/aromatic N) is 3. The first-order chi connectivity index (χ1) is 7.18. The molecule has 78 valence electrons. The summed E-state index contributed by atoms with van der Waals surface area (Å²) in [6.45, 7) is 1.94. The van der Waals surface area contributed by atoms with Crippen LogP contribution in [0.25, 0.3) is 5.69 Å². The van der Waals surface area contributed by atoms with E-state index in [1.54, 1.807) is 24.4 Å². The van der Waals surface area contributed by atoms with Gasteiger partial charge in [0.15, 0.2) is 0 Å². The van der Waals surface area contributed by atoms with Crippen molar-refractivity contribution in [1.29, 1.82) is 0 Å². The predicted molar refractivity (Wildman–Crippen MR) is 58.7 cm³/mol. The number of benzene rings is 1. The van der Waals surface area contributed by atoms with Crippen LogP contribution in [0, 0.1) is 5.82 Å². The Balaban J connectivity index is 2.42. The molecule has 0 N–H and O–H groups in total. The Morgan fingerprint density at radius 2 is 2.13 bits per heavy atom. The second kappa shape index (κ2) is 4.10. The van der Waals surface area contributed by atoms with Crippen molar-refractivity contribution in [3.05, 3.63) is 42.0 Å². The second-order valence-corrected chi connectivity index (χ2v) is 4.53. The first-order valence-corrected chi connectivity index (χ1v) is 5.41. The van der Waals surface area contributed by atoms with E-state index in [0.29, 0.717) is 5.69 Å². The fourth-order valence-corrected chi connectivity index (χ4v) is 1.42. The molecule has 0 bridgehead atoms. The Morgan fingerprint density at radius 3 is 2.73 bits per heavy atom. The van der Waals surface area contributed by atoms with Gasteiger partial charge in [-0.05, 0) is 19.1 Å². The van der Waals surface area contributed by atoms with Crippen molar-refractivity contribution in [3.63, 3.8) is 0 Å². The third-order valence-corrected chi connectivity index (χ3v) is 2.49. The SMILES string of the molecule is CC(Br)c1cn(-c2ccccc2F)nn1. The molecule has 0 amide bonds. The molecule has 2 aromatic rings. The van der Waals surface area contributed by atoms with Gasteiger partial charge in [0.05, 0.1) is 16.7 Å². The van der Waals surface area contributed by atoms with Crippen LogP contribution in [0.5, 0.6) is 0 Å². The Morgan fingerprint density at radius 1 is 1.40 bits per heavy atom. The lowest BCUT2D eigenvalue weighted by Crippen LogP contribution is -1.97. The van der Waals surface area contributed by atoms with Crippen molar-refractivity contribution in [2.45, 2.75) is 11.8 Å². The summed E-state index contributed by atoms with van der Waals surface area (Å²) in [5.74, 6) is -0.309. The molecule has 1 atom stereocenters. The summed E-state index contributed by atoms with van der Waals surface area (Å²) in [5, 5.41) is 7.80. The van der Waals surface area contributed by atoms with Gasteiger partial charge in [0.25, 0.3) is 0 Å². The number of rotatable bonds is 2. The smallest absolute Gasteiger partial charge is 0.148 e. The van der Waals surface area contributed by atoms with Crippen LogP contribution < -0.4 is 0 Å². The van der Waals surface area contributed by atoms with Gasteiger partial charge in [0.2, 0.25) is 0 Å². The van der Waals surface area contributed by atoms with Crippen LogP contribution in [0.4, 0.5) is 4.39 Å². The highest BCUT2D eigenvalue weighted by Crippen LogP contribution is 2.20. The lowest BCUT2D eigenvalue weighted by atomic mass is 10.3. The van der Waals surface area contributed by atoms with E-state index < -0.39 is 0 Å². The minimum absolute atomic E-state index is 0.109. The molecule has 15 heavy (non-hydrogen) atoms. The zero-order valence-corrected chi connectivity index (χ0v) is 9.65. The first kappa shape index (κ1) is 10.3. The van der Waals surface area contributed by atoms with E-state index >= 15 is 0 Å². The number of halogens is 2. The highest BCUT2D eigenvalue weighted by Gasteiger charge is 2.09. The van der Waals surface area contributed by atoms with Gasteiger partial charge in [-0.2, -0.15) is 0 Å². The van der Waals surface area contributed by atoms with Crippen LogP contribution in [0.3, 0.4) is 0 Å². The van der Waals surface area contributed by atoms with Gasteiger partial charge in [0.1, 0.15) is 11.5 Å². The average Bonchev–Trinajstić information content (AvgIpc) is 2.67. The van der Waals surface area contributed by atoms with Gasteiger partial charge < -0.3 is 0 Å². The molecule has 0 aliphatic heterocycles. The monoisotopic (exact) mass is 269 g/mol. The Hall–Kier alpha value is -1.23. The van der Waals surface area contributed by atoms with Gasteiger partial charge in [-0.25, -0.2) is 9.07 Å². The van der Waals surface area contributed by atoms with E-state index in [4.69, 9.17) is 0 Å². The number of hydrogen-bond donors (Lipinski definition) is 0. The van der Waals surface area contributed by atoms with Crippen LogP contribution in [0.2, 0.25) is 0 Å². The van der Waals surface area contributed by atoms with Crippen molar-refractivity contribution in [1.82, 2.24) is 15.0 Å². The Kier molecular flexibility index (Phi) is 2.81. The third kappa shape index (κ3) is 2.07. The van der Waals surface area contributed by atoms with E-state index in [-0.39, 0.29) is 10.6 Å². The molecule has 0 aliphatic carbocycles. The molecule has 2 rings (SSSR count). The molecule has 1 unspecified atom stereocenters. The zero-order valence-electron chi connectivity index (χ0n) is 8.06. The molecule has 0 radical (unpaired) electrons.